The maximum Gasteiger partial charge on any atom is 0.218 e. The monoisotopic (exact) mass is 335 g/mol. The maximum atomic E-state index is 13.5. The Hall–Kier alpha value is -2.21. The number of aryl methyl sites for hydroxylation is 2. The first-order valence-corrected chi connectivity index (χ1v) is 8.60. The third-order valence-electron chi connectivity index (χ3n) is 3.48. The van der Waals surface area contributed by atoms with Crippen LogP contribution in [0.1, 0.15) is 29.0 Å². The highest BCUT2D eigenvalue weighted by Gasteiger charge is 2.30. The predicted molar refractivity (Wildman–Crippen MR) is 86.1 cm³/mol. The van der Waals surface area contributed by atoms with Gasteiger partial charge in [-0.25, -0.2) is 12.8 Å². The van der Waals surface area contributed by atoms with Crippen LogP contribution in [0.15, 0.2) is 47.4 Å². The Morgan fingerprint density at radius 3 is 2.22 bits per heavy atom. The molecule has 122 valence electrons. The summed E-state index contributed by atoms with van der Waals surface area (Å²) >= 11 is 0. The fourth-order valence-electron chi connectivity index (χ4n) is 2.22. The van der Waals surface area contributed by atoms with Crippen LogP contribution < -0.4 is 5.32 Å². The van der Waals surface area contributed by atoms with Crippen LogP contribution in [0, 0.1) is 19.7 Å². The van der Waals surface area contributed by atoms with Gasteiger partial charge in [-0.15, -0.1) is 0 Å². The van der Waals surface area contributed by atoms with E-state index in [-0.39, 0.29) is 4.90 Å². The normalized spacial score (nSPS) is 12.7. The first-order chi connectivity index (χ1) is 10.7. The van der Waals surface area contributed by atoms with Crippen LogP contribution in [-0.4, -0.2) is 14.3 Å². The van der Waals surface area contributed by atoms with E-state index in [1.54, 1.807) is 19.1 Å². The van der Waals surface area contributed by atoms with Crippen molar-refractivity contribution in [2.45, 2.75) is 31.0 Å². The molecule has 0 aliphatic carbocycles. The molecule has 0 radical (unpaired) electrons. The number of halogens is 1. The molecular formula is C17H18FNO3S. The zero-order valence-corrected chi connectivity index (χ0v) is 13.9. The average Bonchev–Trinajstić information content (AvgIpc) is 2.48. The lowest BCUT2D eigenvalue weighted by atomic mass is 10.1. The number of carbonyl (C=O) groups excluding carboxylic acids is 1. The van der Waals surface area contributed by atoms with Crippen molar-refractivity contribution in [3.63, 3.8) is 0 Å². The second-order valence-corrected chi connectivity index (χ2v) is 7.48. The van der Waals surface area contributed by atoms with E-state index in [2.05, 4.69) is 5.32 Å². The second-order valence-electron chi connectivity index (χ2n) is 5.45. The zero-order valence-electron chi connectivity index (χ0n) is 13.1. The minimum atomic E-state index is -3.85. The Morgan fingerprint density at radius 2 is 1.70 bits per heavy atom. The quantitative estimate of drug-likeness (QED) is 0.934. The molecule has 0 fully saturated rings. The Bertz CT molecular complexity index is 829. The molecule has 0 saturated heterocycles. The Morgan fingerprint density at radius 1 is 1.09 bits per heavy atom. The van der Waals surface area contributed by atoms with Crippen LogP contribution in [0.3, 0.4) is 0 Å². The Labute approximate surface area is 135 Å². The minimum absolute atomic E-state index is 0.101. The van der Waals surface area contributed by atoms with E-state index in [9.17, 15) is 17.6 Å². The summed E-state index contributed by atoms with van der Waals surface area (Å²) in [5.41, 5.74) is 1.56. The maximum absolute atomic E-state index is 13.5. The van der Waals surface area contributed by atoms with Crippen LogP contribution >= 0.6 is 0 Å². The standard InChI is InChI=1S/C17H18FNO3S/c1-11-4-7-15(8-5-11)23(21,22)17(19-13(3)20)14-6-9-16(18)12(2)10-14/h4-10,17H,1-3H3,(H,19,20). The predicted octanol–water partition coefficient (Wildman–Crippen LogP) is 3.05. The van der Waals surface area contributed by atoms with Crippen molar-refractivity contribution >= 4 is 15.7 Å². The average molecular weight is 335 g/mol. The van der Waals surface area contributed by atoms with Crippen LogP contribution in [0.2, 0.25) is 0 Å². The van der Waals surface area contributed by atoms with Crippen molar-refractivity contribution in [3.8, 4) is 0 Å². The highest BCUT2D eigenvalue weighted by atomic mass is 32.2. The van der Waals surface area contributed by atoms with Gasteiger partial charge in [-0.05, 0) is 43.2 Å². The van der Waals surface area contributed by atoms with Gasteiger partial charge in [0.25, 0.3) is 0 Å². The summed E-state index contributed by atoms with van der Waals surface area (Å²) in [5, 5.41) is 1.18. The van der Waals surface area contributed by atoms with E-state index < -0.39 is 26.9 Å². The SMILES string of the molecule is CC(=O)NC(c1ccc(F)c(C)c1)S(=O)(=O)c1ccc(C)cc1. The van der Waals surface area contributed by atoms with Crippen LogP contribution in [-0.2, 0) is 14.6 Å². The van der Waals surface area contributed by atoms with Gasteiger partial charge in [-0.2, -0.15) is 0 Å². The molecule has 1 amide bonds. The van der Waals surface area contributed by atoms with Gasteiger partial charge in [0.05, 0.1) is 4.90 Å². The molecule has 1 unspecified atom stereocenters. The molecule has 1 atom stereocenters. The number of sulfone groups is 1. The summed E-state index contributed by atoms with van der Waals surface area (Å²) in [6.45, 7) is 4.64. The summed E-state index contributed by atoms with van der Waals surface area (Å²) in [4.78, 5) is 11.6. The number of rotatable bonds is 4. The largest absolute Gasteiger partial charge is 0.336 e. The number of hydrogen-bond donors (Lipinski definition) is 1. The molecule has 2 aromatic carbocycles. The van der Waals surface area contributed by atoms with Gasteiger partial charge >= 0.3 is 0 Å². The third-order valence-corrected chi connectivity index (χ3v) is 5.42. The third kappa shape index (κ3) is 3.76. The molecule has 2 rings (SSSR count). The van der Waals surface area contributed by atoms with Crippen molar-refractivity contribution < 1.29 is 17.6 Å². The molecule has 0 aromatic heterocycles. The van der Waals surface area contributed by atoms with Gasteiger partial charge in [0, 0.05) is 6.92 Å². The van der Waals surface area contributed by atoms with Gasteiger partial charge in [0.1, 0.15) is 5.82 Å². The number of nitrogens with one attached hydrogen (secondary N) is 1. The van der Waals surface area contributed by atoms with Gasteiger partial charge in [0.15, 0.2) is 5.37 Å². The van der Waals surface area contributed by atoms with E-state index in [0.29, 0.717) is 11.1 Å². The van der Waals surface area contributed by atoms with E-state index in [0.717, 1.165) is 5.56 Å². The Balaban J connectivity index is 2.55. The molecule has 0 aliphatic heterocycles. The van der Waals surface area contributed by atoms with E-state index in [1.807, 2.05) is 6.92 Å². The molecule has 1 N–H and O–H groups in total. The highest BCUT2D eigenvalue weighted by molar-refractivity contribution is 7.91. The first kappa shape index (κ1) is 17.1. The van der Waals surface area contributed by atoms with Gasteiger partial charge in [-0.3, -0.25) is 4.79 Å². The highest BCUT2D eigenvalue weighted by Crippen LogP contribution is 2.28. The van der Waals surface area contributed by atoms with Gasteiger partial charge in [-0.1, -0.05) is 29.8 Å². The van der Waals surface area contributed by atoms with Crippen molar-refractivity contribution in [1.29, 1.82) is 0 Å². The minimum Gasteiger partial charge on any atom is -0.336 e. The molecule has 6 heteroatoms. The lowest BCUT2D eigenvalue weighted by Gasteiger charge is -2.19. The number of benzene rings is 2. The van der Waals surface area contributed by atoms with Crippen molar-refractivity contribution in [2.75, 3.05) is 0 Å². The van der Waals surface area contributed by atoms with E-state index >= 15 is 0 Å². The fraction of sp³-hybridized carbons (Fsp3) is 0.235. The lowest BCUT2D eigenvalue weighted by molar-refractivity contribution is -0.119. The topological polar surface area (TPSA) is 63.2 Å². The van der Waals surface area contributed by atoms with Crippen LogP contribution in [0.4, 0.5) is 4.39 Å². The number of hydrogen-bond acceptors (Lipinski definition) is 3. The van der Waals surface area contributed by atoms with Gasteiger partial charge in [0.2, 0.25) is 15.7 Å². The van der Waals surface area contributed by atoms with E-state index in [1.165, 1.54) is 37.3 Å². The fourth-order valence-corrected chi connectivity index (χ4v) is 3.83. The molecular weight excluding hydrogens is 317 g/mol. The zero-order chi connectivity index (χ0) is 17.2. The summed E-state index contributed by atoms with van der Waals surface area (Å²) in [6.07, 6.45) is 0. The van der Waals surface area contributed by atoms with Crippen LogP contribution in [0.25, 0.3) is 0 Å². The molecule has 0 spiro atoms. The molecule has 0 saturated carbocycles. The summed E-state index contributed by atoms with van der Waals surface area (Å²) in [5.74, 6) is -0.907. The summed E-state index contributed by atoms with van der Waals surface area (Å²) in [6, 6.07) is 10.4. The van der Waals surface area contributed by atoms with E-state index in [4.69, 9.17) is 0 Å². The van der Waals surface area contributed by atoms with Crippen molar-refractivity contribution in [2.24, 2.45) is 0 Å². The molecule has 0 aliphatic rings. The number of carbonyl (C=O) groups is 1. The van der Waals surface area contributed by atoms with Crippen LogP contribution in [0.5, 0.6) is 0 Å². The van der Waals surface area contributed by atoms with Crippen molar-refractivity contribution in [1.82, 2.24) is 5.32 Å². The molecule has 2 aromatic rings. The molecule has 0 heterocycles. The van der Waals surface area contributed by atoms with Crippen molar-refractivity contribution in [3.05, 3.63) is 65.0 Å². The molecule has 23 heavy (non-hydrogen) atoms. The van der Waals surface area contributed by atoms with Gasteiger partial charge < -0.3 is 5.32 Å². The second kappa shape index (κ2) is 6.50. The number of amides is 1. The summed E-state index contributed by atoms with van der Waals surface area (Å²) in [7, 11) is -3.85. The lowest BCUT2D eigenvalue weighted by Crippen LogP contribution is -2.32. The smallest absolute Gasteiger partial charge is 0.218 e. The molecule has 0 bridgehead atoms. The molecule has 4 nitrogen and oxygen atoms in total. The summed E-state index contributed by atoms with van der Waals surface area (Å²) < 4.78 is 39.2. The first-order valence-electron chi connectivity index (χ1n) is 7.05. The Kier molecular flexibility index (Phi) is 4.85.